The Kier molecular flexibility index (Phi) is 13.1. The summed E-state index contributed by atoms with van der Waals surface area (Å²) >= 11 is 0. The van der Waals surface area contributed by atoms with Crippen LogP contribution in [0.3, 0.4) is 0 Å². The summed E-state index contributed by atoms with van der Waals surface area (Å²) in [7, 11) is 0. The van der Waals surface area contributed by atoms with E-state index in [2.05, 4.69) is 10.6 Å². The molecule has 0 saturated carbocycles. The van der Waals surface area contributed by atoms with Gasteiger partial charge in [0.2, 0.25) is 11.8 Å². The molecule has 0 aliphatic rings. The number of alkyl carbamates (subject to hydrolysis) is 1. The van der Waals surface area contributed by atoms with E-state index in [-0.39, 0.29) is 37.4 Å². The molecule has 9 nitrogen and oxygen atoms in total. The number of hydrogen-bond acceptors (Lipinski definition) is 6. The summed E-state index contributed by atoms with van der Waals surface area (Å²) in [5.41, 5.74) is -0.0977. The van der Waals surface area contributed by atoms with Gasteiger partial charge in [0.05, 0.1) is 13.0 Å². The number of benzene rings is 1. The zero-order valence-corrected chi connectivity index (χ0v) is 23.6. The summed E-state index contributed by atoms with van der Waals surface area (Å²) in [6, 6.07) is 6.85. The topological polar surface area (TPSA) is 114 Å². The third kappa shape index (κ3) is 10.4. The molecule has 0 radical (unpaired) electrons. The summed E-state index contributed by atoms with van der Waals surface area (Å²) in [6.45, 7) is 14.9. The second-order valence-corrected chi connectivity index (χ2v) is 10.2. The Balaban J connectivity index is 3.39. The molecule has 0 spiro atoms. The van der Waals surface area contributed by atoms with E-state index < -0.39 is 35.7 Å². The van der Waals surface area contributed by atoms with Crippen molar-refractivity contribution in [2.75, 3.05) is 13.2 Å². The number of nitrogens with zero attached hydrogens (tertiary/aromatic N) is 1. The maximum absolute atomic E-state index is 14.1. The van der Waals surface area contributed by atoms with Crippen LogP contribution in [0.25, 0.3) is 0 Å². The predicted molar refractivity (Wildman–Crippen MR) is 143 cm³/mol. The van der Waals surface area contributed by atoms with E-state index in [0.717, 1.165) is 0 Å². The van der Waals surface area contributed by atoms with E-state index in [1.807, 2.05) is 33.8 Å². The van der Waals surface area contributed by atoms with Crippen LogP contribution in [-0.2, 0) is 23.9 Å². The maximum Gasteiger partial charge on any atom is 0.408 e. The van der Waals surface area contributed by atoms with Gasteiger partial charge in [-0.1, -0.05) is 57.5 Å². The molecule has 208 valence electrons. The lowest BCUT2D eigenvalue weighted by atomic mass is 9.94. The Hall–Kier alpha value is -3.10. The van der Waals surface area contributed by atoms with Gasteiger partial charge < -0.3 is 25.0 Å². The predicted octanol–water partition coefficient (Wildman–Crippen LogP) is 4.36. The lowest BCUT2D eigenvalue weighted by molar-refractivity contribution is -0.146. The standard InChI is InChI=1S/C28H45N3O6/c1-9-19(4)23(30-27(35)37-28(6,7)8)26(34)31(20(5)10-2)24(21-15-13-12-14-16-21)25(33)29-18-17-22(32)36-11-3/h12-16,19-20,23-24H,9-11,17-18H2,1-8H3,(H,29,33)(H,30,35). The van der Waals surface area contributed by atoms with E-state index in [4.69, 9.17) is 9.47 Å². The molecule has 0 aliphatic heterocycles. The van der Waals surface area contributed by atoms with Crippen LogP contribution in [0.5, 0.6) is 0 Å². The molecule has 0 aromatic heterocycles. The van der Waals surface area contributed by atoms with Crippen molar-refractivity contribution >= 4 is 23.9 Å². The fourth-order valence-electron chi connectivity index (χ4n) is 3.77. The SMILES string of the molecule is CCOC(=O)CCNC(=O)C(c1ccccc1)N(C(=O)C(NC(=O)OC(C)(C)C)C(C)CC)C(C)CC. The number of hydrogen-bond donors (Lipinski definition) is 2. The Morgan fingerprint density at radius 3 is 2.11 bits per heavy atom. The van der Waals surface area contributed by atoms with Gasteiger partial charge in [0.25, 0.3) is 0 Å². The van der Waals surface area contributed by atoms with Crippen LogP contribution in [0.1, 0.15) is 86.3 Å². The van der Waals surface area contributed by atoms with Crippen molar-refractivity contribution in [2.45, 2.75) is 98.4 Å². The van der Waals surface area contributed by atoms with Gasteiger partial charge >= 0.3 is 12.1 Å². The number of ether oxygens (including phenoxy) is 2. The molecule has 0 aliphatic carbocycles. The zero-order chi connectivity index (χ0) is 28.2. The highest BCUT2D eigenvalue weighted by Crippen LogP contribution is 2.27. The Morgan fingerprint density at radius 1 is 0.973 bits per heavy atom. The highest BCUT2D eigenvalue weighted by atomic mass is 16.6. The summed E-state index contributed by atoms with van der Waals surface area (Å²) in [5.74, 6) is -1.41. The van der Waals surface area contributed by atoms with Crippen molar-refractivity contribution < 1.29 is 28.7 Å². The van der Waals surface area contributed by atoms with Crippen molar-refractivity contribution in [1.29, 1.82) is 0 Å². The van der Waals surface area contributed by atoms with E-state index >= 15 is 0 Å². The highest BCUT2D eigenvalue weighted by molar-refractivity contribution is 5.92. The number of amides is 3. The summed E-state index contributed by atoms with van der Waals surface area (Å²) < 4.78 is 10.4. The first-order valence-corrected chi connectivity index (χ1v) is 13.2. The Morgan fingerprint density at radius 2 is 1.59 bits per heavy atom. The van der Waals surface area contributed by atoms with Crippen LogP contribution in [-0.4, -0.2) is 59.6 Å². The maximum atomic E-state index is 14.1. The average molecular weight is 520 g/mol. The molecule has 1 aromatic carbocycles. The van der Waals surface area contributed by atoms with Crippen LogP contribution < -0.4 is 10.6 Å². The van der Waals surface area contributed by atoms with Crippen LogP contribution in [0.15, 0.2) is 30.3 Å². The van der Waals surface area contributed by atoms with E-state index in [1.165, 1.54) is 0 Å². The summed E-state index contributed by atoms with van der Waals surface area (Å²) in [5, 5.41) is 5.55. The number of esters is 1. The average Bonchev–Trinajstić information content (AvgIpc) is 2.84. The summed E-state index contributed by atoms with van der Waals surface area (Å²) in [4.78, 5) is 53.7. The minimum absolute atomic E-state index is 0.0219. The molecule has 2 N–H and O–H groups in total. The lowest BCUT2D eigenvalue weighted by Crippen LogP contribution is -2.57. The molecule has 1 rings (SSSR count). The third-order valence-corrected chi connectivity index (χ3v) is 6.05. The first kappa shape index (κ1) is 31.9. The van der Waals surface area contributed by atoms with Gasteiger partial charge in [-0.3, -0.25) is 14.4 Å². The molecular formula is C28H45N3O6. The molecule has 4 atom stereocenters. The van der Waals surface area contributed by atoms with Gasteiger partial charge in [-0.05, 0) is 52.5 Å². The Bertz CT molecular complexity index is 884. The van der Waals surface area contributed by atoms with Gasteiger partial charge in [-0.2, -0.15) is 0 Å². The molecule has 4 unspecified atom stereocenters. The molecule has 0 saturated heterocycles. The number of nitrogens with one attached hydrogen (secondary N) is 2. The van der Waals surface area contributed by atoms with Gasteiger partial charge in [-0.25, -0.2) is 4.79 Å². The second kappa shape index (κ2) is 15.2. The highest BCUT2D eigenvalue weighted by Gasteiger charge is 2.40. The molecule has 9 heteroatoms. The second-order valence-electron chi connectivity index (χ2n) is 10.2. The molecule has 0 heterocycles. The summed E-state index contributed by atoms with van der Waals surface area (Å²) in [6.07, 6.45) is 0.548. The molecule has 1 aromatic rings. The monoisotopic (exact) mass is 519 g/mol. The Labute approximate surface area is 221 Å². The van der Waals surface area contributed by atoms with Crippen LogP contribution in [0.2, 0.25) is 0 Å². The van der Waals surface area contributed by atoms with Crippen molar-refractivity contribution in [3.05, 3.63) is 35.9 Å². The van der Waals surface area contributed by atoms with Crippen molar-refractivity contribution in [3.63, 3.8) is 0 Å². The number of carbonyl (C=O) groups excluding carboxylic acids is 4. The third-order valence-electron chi connectivity index (χ3n) is 6.05. The van der Waals surface area contributed by atoms with Crippen molar-refractivity contribution in [1.82, 2.24) is 15.5 Å². The fourth-order valence-corrected chi connectivity index (χ4v) is 3.77. The largest absolute Gasteiger partial charge is 0.466 e. The lowest BCUT2D eigenvalue weighted by Gasteiger charge is -2.39. The first-order chi connectivity index (χ1) is 17.4. The van der Waals surface area contributed by atoms with E-state index in [1.54, 1.807) is 56.9 Å². The van der Waals surface area contributed by atoms with Crippen molar-refractivity contribution in [2.24, 2.45) is 5.92 Å². The molecule has 37 heavy (non-hydrogen) atoms. The van der Waals surface area contributed by atoms with E-state index in [9.17, 15) is 19.2 Å². The number of rotatable bonds is 13. The van der Waals surface area contributed by atoms with E-state index in [0.29, 0.717) is 18.4 Å². The first-order valence-electron chi connectivity index (χ1n) is 13.2. The smallest absolute Gasteiger partial charge is 0.408 e. The van der Waals surface area contributed by atoms with Gasteiger partial charge in [0.1, 0.15) is 17.7 Å². The normalized spacial score (nSPS) is 14.5. The fraction of sp³-hybridized carbons (Fsp3) is 0.643. The zero-order valence-electron chi connectivity index (χ0n) is 23.6. The molecular weight excluding hydrogens is 474 g/mol. The minimum Gasteiger partial charge on any atom is -0.466 e. The molecule has 0 fully saturated rings. The van der Waals surface area contributed by atoms with Crippen molar-refractivity contribution in [3.8, 4) is 0 Å². The van der Waals surface area contributed by atoms with Gasteiger partial charge in [0, 0.05) is 12.6 Å². The van der Waals surface area contributed by atoms with Crippen LogP contribution >= 0.6 is 0 Å². The number of carbonyl (C=O) groups is 4. The van der Waals surface area contributed by atoms with Gasteiger partial charge in [-0.15, -0.1) is 0 Å². The molecule has 0 bridgehead atoms. The van der Waals surface area contributed by atoms with Gasteiger partial charge in [0.15, 0.2) is 0 Å². The quantitative estimate of drug-likeness (QED) is 0.374. The van der Waals surface area contributed by atoms with Crippen LogP contribution in [0.4, 0.5) is 4.79 Å². The minimum atomic E-state index is -0.960. The van der Waals surface area contributed by atoms with Crippen LogP contribution in [0, 0.1) is 5.92 Å². The molecule has 3 amide bonds.